The number of nitrogens with zero attached hydrogens (tertiary/aromatic N) is 3. The fourth-order valence-corrected chi connectivity index (χ4v) is 3.22. The minimum absolute atomic E-state index is 0. The zero-order chi connectivity index (χ0) is 17.1. The molecule has 0 radical (unpaired) electrons. The molecule has 1 unspecified atom stereocenters. The molecule has 1 heterocycles. The first-order chi connectivity index (χ1) is 11.1. The molecule has 1 aromatic rings. The van der Waals surface area contributed by atoms with Crippen molar-refractivity contribution in [2.75, 3.05) is 26.7 Å². The van der Waals surface area contributed by atoms with Gasteiger partial charge in [-0.2, -0.15) is 0 Å². The lowest BCUT2D eigenvalue weighted by atomic mass is 10.2. The molecule has 1 aromatic heterocycles. The molecule has 0 saturated heterocycles. The van der Waals surface area contributed by atoms with Gasteiger partial charge in [0, 0.05) is 24.2 Å². The smallest absolute Gasteiger partial charge is 0.191 e. The summed E-state index contributed by atoms with van der Waals surface area (Å²) in [6.07, 6.45) is 5.37. The van der Waals surface area contributed by atoms with Crippen LogP contribution in [-0.4, -0.2) is 48.6 Å². The third kappa shape index (κ3) is 9.17. The fourth-order valence-electron chi connectivity index (χ4n) is 2.41. The molecular weight excluding hydrogens is 433 g/mol. The van der Waals surface area contributed by atoms with Crippen LogP contribution in [0, 0.1) is 0 Å². The summed E-state index contributed by atoms with van der Waals surface area (Å²) in [4.78, 5) is 12.5. The number of thiazole rings is 1. The number of nitrogens with one attached hydrogen (secondary N) is 2. The average Bonchev–Trinajstić information content (AvgIpc) is 3.03. The highest BCUT2D eigenvalue weighted by Gasteiger charge is 2.07. The summed E-state index contributed by atoms with van der Waals surface area (Å²) in [7, 11) is 1.82. The van der Waals surface area contributed by atoms with Gasteiger partial charge in [0.15, 0.2) is 5.96 Å². The van der Waals surface area contributed by atoms with E-state index in [0.717, 1.165) is 43.4 Å². The number of halogens is 1. The Bertz CT molecular complexity index is 460. The van der Waals surface area contributed by atoms with E-state index in [2.05, 4.69) is 53.2 Å². The molecule has 1 atom stereocenters. The van der Waals surface area contributed by atoms with Crippen LogP contribution in [0.1, 0.15) is 50.4 Å². The van der Waals surface area contributed by atoms with E-state index in [1.54, 1.807) is 11.3 Å². The molecule has 0 aromatic carbocycles. The number of hydrogen-bond donors (Lipinski definition) is 2. The average molecular weight is 467 g/mol. The predicted octanol–water partition coefficient (Wildman–Crippen LogP) is 3.50. The lowest BCUT2D eigenvalue weighted by molar-refractivity contribution is 0.292. The van der Waals surface area contributed by atoms with Crippen molar-refractivity contribution >= 4 is 41.3 Å². The van der Waals surface area contributed by atoms with Crippen molar-refractivity contribution < 1.29 is 0 Å². The highest BCUT2D eigenvalue weighted by molar-refractivity contribution is 14.0. The summed E-state index contributed by atoms with van der Waals surface area (Å²) in [5.74, 6) is 0.855. The van der Waals surface area contributed by atoms with Crippen molar-refractivity contribution in [2.24, 2.45) is 4.99 Å². The maximum absolute atomic E-state index is 4.43. The molecule has 0 fully saturated rings. The number of guanidine groups is 1. The van der Waals surface area contributed by atoms with Crippen molar-refractivity contribution in [1.82, 2.24) is 20.5 Å². The summed E-state index contributed by atoms with van der Waals surface area (Å²) in [5, 5.41) is 7.93. The zero-order valence-electron chi connectivity index (χ0n) is 15.8. The van der Waals surface area contributed by atoms with E-state index in [9.17, 15) is 0 Å². The topological polar surface area (TPSA) is 52.6 Å². The van der Waals surface area contributed by atoms with Crippen LogP contribution in [0.4, 0.5) is 0 Å². The first kappa shape index (κ1) is 23.6. The Morgan fingerprint density at radius 1 is 1.33 bits per heavy atom. The van der Waals surface area contributed by atoms with Gasteiger partial charge in [0.05, 0.1) is 6.54 Å². The summed E-state index contributed by atoms with van der Waals surface area (Å²) < 4.78 is 0. The van der Waals surface area contributed by atoms with Gasteiger partial charge in [-0.15, -0.1) is 35.3 Å². The van der Waals surface area contributed by atoms with Gasteiger partial charge in [0.1, 0.15) is 5.01 Å². The van der Waals surface area contributed by atoms with Crippen molar-refractivity contribution in [3.8, 4) is 0 Å². The minimum Gasteiger partial charge on any atom is -0.354 e. The van der Waals surface area contributed by atoms with Crippen LogP contribution < -0.4 is 10.6 Å². The van der Waals surface area contributed by atoms with E-state index in [1.807, 2.05) is 13.2 Å². The van der Waals surface area contributed by atoms with Gasteiger partial charge in [0.2, 0.25) is 0 Å². The third-order valence-electron chi connectivity index (χ3n) is 3.97. The summed E-state index contributed by atoms with van der Waals surface area (Å²) in [6.45, 7) is 13.0. The molecule has 0 amide bonds. The molecule has 140 valence electrons. The molecule has 0 spiro atoms. The van der Waals surface area contributed by atoms with E-state index in [4.69, 9.17) is 0 Å². The van der Waals surface area contributed by atoms with E-state index in [0.29, 0.717) is 6.04 Å². The van der Waals surface area contributed by atoms with Crippen molar-refractivity contribution in [2.45, 2.75) is 59.5 Å². The van der Waals surface area contributed by atoms with Crippen LogP contribution in [0.15, 0.2) is 11.2 Å². The fraction of sp³-hybridized carbons (Fsp3) is 0.765. The molecule has 2 N–H and O–H groups in total. The maximum atomic E-state index is 4.43. The van der Waals surface area contributed by atoms with Crippen molar-refractivity contribution in [1.29, 1.82) is 0 Å². The summed E-state index contributed by atoms with van der Waals surface area (Å²) in [5.41, 5.74) is 0. The molecule has 7 heteroatoms. The lowest BCUT2D eigenvalue weighted by Gasteiger charge is -2.21. The second-order valence-electron chi connectivity index (χ2n) is 5.71. The van der Waals surface area contributed by atoms with Gasteiger partial charge in [-0.05, 0) is 45.8 Å². The number of aromatic nitrogens is 1. The van der Waals surface area contributed by atoms with Gasteiger partial charge in [0.25, 0.3) is 0 Å². The summed E-state index contributed by atoms with van der Waals surface area (Å²) in [6, 6.07) is 0.416. The van der Waals surface area contributed by atoms with Crippen LogP contribution in [0.3, 0.4) is 0 Å². The largest absolute Gasteiger partial charge is 0.354 e. The van der Waals surface area contributed by atoms with Crippen LogP contribution in [0.5, 0.6) is 0 Å². The van der Waals surface area contributed by atoms with Crippen LogP contribution in [0.25, 0.3) is 0 Å². The quantitative estimate of drug-likeness (QED) is 0.314. The van der Waals surface area contributed by atoms with Gasteiger partial charge >= 0.3 is 0 Å². The Hall–Kier alpha value is -0.410. The lowest BCUT2D eigenvalue weighted by Crippen LogP contribution is -2.42. The molecular formula is C17H34IN5S. The Balaban J connectivity index is 0.00000529. The highest BCUT2D eigenvalue weighted by atomic mass is 127. The molecule has 5 nitrogen and oxygen atoms in total. The number of rotatable bonds is 10. The Kier molecular flexibility index (Phi) is 13.6. The van der Waals surface area contributed by atoms with Crippen molar-refractivity contribution in [3.63, 3.8) is 0 Å². The number of hydrogen-bond acceptors (Lipinski definition) is 4. The van der Waals surface area contributed by atoms with E-state index >= 15 is 0 Å². The molecule has 0 bridgehead atoms. The first-order valence-corrected chi connectivity index (χ1v) is 9.57. The van der Waals surface area contributed by atoms with Crippen LogP contribution in [0.2, 0.25) is 0 Å². The number of aryl methyl sites for hydroxylation is 1. The summed E-state index contributed by atoms with van der Waals surface area (Å²) >= 11 is 1.76. The maximum Gasteiger partial charge on any atom is 0.191 e. The van der Waals surface area contributed by atoms with Gasteiger partial charge < -0.3 is 15.5 Å². The van der Waals surface area contributed by atoms with Gasteiger partial charge in [-0.1, -0.05) is 20.8 Å². The van der Waals surface area contributed by atoms with Gasteiger partial charge in [-0.25, -0.2) is 4.98 Å². The molecule has 0 aliphatic rings. The monoisotopic (exact) mass is 467 g/mol. The molecule has 1 rings (SSSR count). The second kappa shape index (κ2) is 13.8. The third-order valence-corrected chi connectivity index (χ3v) is 5.11. The Morgan fingerprint density at radius 2 is 2.04 bits per heavy atom. The molecule has 24 heavy (non-hydrogen) atoms. The number of aliphatic imine (C=N–C) groups is 1. The molecule has 0 aliphatic heterocycles. The standard InChI is InChI=1S/C17H33N5S.HI/c1-6-15-12-19-16(23-15)13-20-17(18-5)21-14(4)10-9-11-22(7-2)8-3;/h12,14H,6-11,13H2,1-5H3,(H2,18,20,21);1H. The van der Waals surface area contributed by atoms with E-state index < -0.39 is 0 Å². The predicted molar refractivity (Wildman–Crippen MR) is 117 cm³/mol. The van der Waals surface area contributed by atoms with E-state index in [-0.39, 0.29) is 24.0 Å². The SMILES string of the molecule is CCc1cnc(CNC(=NC)NC(C)CCCN(CC)CC)s1.I. The molecule has 0 saturated carbocycles. The zero-order valence-corrected chi connectivity index (χ0v) is 18.9. The van der Waals surface area contributed by atoms with Crippen molar-refractivity contribution in [3.05, 3.63) is 16.1 Å². The van der Waals surface area contributed by atoms with Gasteiger partial charge in [-0.3, -0.25) is 4.99 Å². The Labute approximate surface area is 168 Å². The second-order valence-corrected chi connectivity index (χ2v) is 6.91. The minimum atomic E-state index is 0. The first-order valence-electron chi connectivity index (χ1n) is 8.75. The normalized spacial score (nSPS) is 12.8. The highest BCUT2D eigenvalue weighted by Crippen LogP contribution is 2.12. The Morgan fingerprint density at radius 3 is 2.58 bits per heavy atom. The van der Waals surface area contributed by atoms with Crippen LogP contribution in [-0.2, 0) is 13.0 Å². The van der Waals surface area contributed by atoms with Crippen LogP contribution >= 0.6 is 35.3 Å². The van der Waals surface area contributed by atoms with E-state index in [1.165, 1.54) is 17.8 Å². The molecule has 0 aliphatic carbocycles.